The molecule has 0 fully saturated rings. The van der Waals surface area contributed by atoms with E-state index < -0.39 is 5.76 Å². The van der Waals surface area contributed by atoms with Gasteiger partial charge in [0.1, 0.15) is 5.75 Å². The second-order valence-electron chi connectivity index (χ2n) is 5.99. The number of nitrogens with one attached hydrogen (secondary N) is 1. The summed E-state index contributed by atoms with van der Waals surface area (Å²) in [4.78, 5) is 23.2. The number of hydrogen-bond acceptors (Lipinski definition) is 5. The van der Waals surface area contributed by atoms with Gasteiger partial charge in [-0.1, -0.05) is 12.1 Å². The third kappa shape index (κ3) is 4.84. The highest BCUT2D eigenvalue weighted by molar-refractivity contribution is 5.88. The van der Waals surface area contributed by atoms with E-state index in [4.69, 9.17) is 9.15 Å². The molecule has 0 spiro atoms. The molecule has 0 aliphatic carbocycles. The Bertz CT molecular complexity index is 973. The van der Waals surface area contributed by atoms with Gasteiger partial charge in [0, 0.05) is 18.2 Å². The number of carbonyl (C=O) groups excluding carboxylic acids is 1. The molecule has 0 saturated heterocycles. The summed E-state index contributed by atoms with van der Waals surface area (Å²) in [6.07, 6.45) is 0.586. The molecule has 1 heterocycles. The first-order valence-corrected chi connectivity index (χ1v) is 8.73. The van der Waals surface area contributed by atoms with Crippen molar-refractivity contribution in [2.75, 3.05) is 11.9 Å². The molecule has 27 heavy (non-hydrogen) atoms. The summed E-state index contributed by atoms with van der Waals surface area (Å²) in [6, 6.07) is 14.7. The van der Waals surface area contributed by atoms with Crippen LogP contribution >= 0.6 is 0 Å². The van der Waals surface area contributed by atoms with Crippen LogP contribution in [0.3, 0.4) is 0 Å². The SMILES string of the molecule is CCOc1ccc(-c2nn(CCc3cccc(NC(C)=O)c3)c(=O)o2)cc1. The monoisotopic (exact) mass is 367 g/mol. The van der Waals surface area contributed by atoms with E-state index in [9.17, 15) is 9.59 Å². The van der Waals surface area contributed by atoms with Crippen molar-refractivity contribution in [3.8, 4) is 17.2 Å². The molecule has 2 aromatic carbocycles. The van der Waals surface area contributed by atoms with Gasteiger partial charge >= 0.3 is 5.76 Å². The largest absolute Gasteiger partial charge is 0.494 e. The Morgan fingerprint density at radius 2 is 2.00 bits per heavy atom. The average Bonchev–Trinajstić information content (AvgIpc) is 3.01. The van der Waals surface area contributed by atoms with Gasteiger partial charge < -0.3 is 14.5 Å². The highest BCUT2D eigenvalue weighted by Gasteiger charge is 2.11. The molecule has 0 unspecified atom stereocenters. The lowest BCUT2D eigenvalue weighted by Gasteiger charge is -2.05. The Balaban J connectivity index is 1.70. The zero-order chi connectivity index (χ0) is 19.2. The molecule has 0 aliphatic heterocycles. The van der Waals surface area contributed by atoms with Crippen LogP contribution in [0.2, 0.25) is 0 Å². The fraction of sp³-hybridized carbons (Fsp3) is 0.250. The predicted octanol–water partition coefficient (Wildman–Crippen LogP) is 3.10. The number of benzene rings is 2. The Hall–Kier alpha value is -3.35. The minimum absolute atomic E-state index is 0.125. The zero-order valence-electron chi connectivity index (χ0n) is 15.3. The van der Waals surface area contributed by atoms with Crippen LogP contribution in [0.15, 0.2) is 57.7 Å². The van der Waals surface area contributed by atoms with Gasteiger partial charge in [0.05, 0.1) is 13.2 Å². The normalized spacial score (nSPS) is 10.6. The number of aryl methyl sites for hydroxylation is 2. The summed E-state index contributed by atoms with van der Waals surface area (Å²) in [7, 11) is 0. The van der Waals surface area contributed by atoms with E-state index in [2.05, 4.69) is 10.4 Å². The van der Waals surface area contributed by atoms with Crippen LogP contribution in [0.25, 0.3) is 11.5 Å². The Labute approximate surface area is 156 Å². The summed E-state index contributed by atoms with van der Waals surface area (Å²) in [5, 5.41) is 7.01. The van der Waals surface area contributed by atoms with E-state index in [1.807, 2.05) is 43.3 Å². The molecule has 3 rings (SSSR count). The molecular weight excluding hydrogens is 346 g/mol. The van der Waals surface area contributed by atoms with Gasteiger partial charge in [-0.2, -0.15) is 4.68 Å². The maximum atomic E-state index is 12.1. The van der Waals surface area contributed by atoms with Gasteiger partial charge in [-0.3, -0.25) is 4.79 Å². The predicted molar refractivity (Wildman–Crippen MR) is 102 cm³/mol. The Morgan fingerprint density at radius 3 is 2.70 bits per heavy atom. The van der Waals surface area contributed by atoms with Crippen LogP contribution in [0.1, 0.15) is 19.4 Å². The topological polar surface area (TPSA) is 86.4 Å². The molecule has 7 heteroatoms. The van der Waals surface area contributed by atoms with Gasteiger partial charge in [0.15, 0.2) is 0 Å². The number of ether oxygens (including phenoxy) is 1. The maximum Gasteiger partial charge on any atom is 0.437 e. The lowest BCUT2D eigenvalue weighted by molar-refractivity contribution is -0.114. The smallest absolute Gasteiger partial charge is 0.437 e. The molecule has 1 N–H and O–H groups in total. The molecule has 140 valence electrons. The summed E-state index contributed by atoms with van der Waals surface area (Å²) >= 11 is 0. The van der Waals surface area contributed by atoms with Gasteiger partial charge in [-0.05, 0) is 55.3 Å². The van der Waals surface area contributed by atoms with Gasteiger partial charge in [-0.25, -0.2) is 4.79 Å². The van der Waals surface area contributed by atoms with Crippen LogP contribution in [0.5, 0.6) is 5.75 Å². The molecule has 0 aliphatic rings. The summed E-state index contributed by atoms with van der Waals surface area (Å²) in [6.45, 7) is 4.35. The van der Waals surface area contributed by atoms with Gasteiger partial charge in [0.25, 0.3) is 0 Å². The van der Waals surface area contributed by atoms with Crippen LogP contribution in [0, 0.1) is 0 Å². The third-order valence-electron chi connectivity index (χ3n) is 3.88. The summed E-state index contributed by atoms with van der Waals surface area (Å²) < 4.78 is 12.0. The van der Waals surface area contributed by atoms with Crippen molar-refractivity contribution in [3.63, 3.8) is 0 Å². The lowest BCUT2D eigenvalue weighted by Crippen LogP contribution is -2.17. The number of amides is 1. The Kier molecular flexibility index (Phi) is 5.71. The standard InChI is InChI=1S/C20H21N3O4/c1-3-26-18-9-7-16(8-10-18)19-22-23(20(25)27-19)12-11-15-5-4-6-17(13-15)21-14(2)24/h4-10,13H,3,11-12H2,1-2H3,(H,21,24). The van der Waals surface area contributed by atoms with Crippen molar-refractivity contribution < 1.29 is 13.9 Å². The molecule has 0 atom stereocenters. The van der Waals surface area contributed by atoms with Crippen molar-refractivity contribution in [1.82, 2.24) is 9.78 Å². The van der Waals surface area contributed by atoms with Crippen LogP contribution in [0.4, 0.5) is 5.69 Å². The molecule has 0 radical (unpaired) electrons. The lowest BCUT2D eigenvalue weighted by atomic mass is 10.1. The van der Waals surface area contributed by atoms with Crippen LogP contribution in [-0.2, 0) is 17.8 Å². The second-order valence-corrected chi connectivity index (χ2v) is 5.99. The first kappa shape index (κ1) is 18.4. The quantitative estimate of drug-likeness (QED) is 0.693. The minimum Gasteiger partial charge on any atom is -0.494 e. The zero-order valence-corrected chi connectivity index (χ0v) is 15.3. The average molecular weight is 367 g/mol. The molecule has 3 aromatic rings. The van der Waals surface area contributed by atoms with E-state index in [-0.39, 0.29) is 11.8 Å². The number of hydrogen-bond donors (Lipinski definition) is 1. The third-order valence-corrected chi connectivity index (χ3v) is 3.88. The van der Waals surface area contributed by atoms with E-state index >= 15 is 0 Å². The van der Waals surface area contributed by atoms with E-state index in [1.54, 1.807) is 12.1 Å². The van der Waals surface area contributed by atoms with E-state index in [0.717, 1.165) is 17.0 Å². The van der Waals surface area contributed by atoms with Crippen molar-refractivity contribution >= 4 is 11.6 Å². The van der Waals surface area contributed by atoms with E-state index in [0.29, 0.717) is 25.1 Å². The maximum absolute atomic E-state index is 12.1. The molecule has 1 aromatic heterocycles. The molecule has 0 bridgehead atoms. The summed E-state index contributed by atoms with van der Waals surface area (Å²) in [5.41, 5.74) is 2.42. The van der Waals surface area contributed by atoms with Crippen molar-refractivity contribution in [2.24, 2.45) is 0 Å². The second kappa shape index (κ2) is 8.35. The highest BCUT2D eigenvalue weighted by atomic mass is 16.5. The van der Waals surface area contributed by atoms with Gasteiger partial charge in [0.2, 0.25) is 11.8 Å². The highest BCUT2D eigenvalue weighted by Crippen LogP contribution is 2.20. The molecule has 0 saturated carbocycles. The fourth-order valence-electron chi connectivity index (χ4n) is 2.67. The number of rotatable bonds is 7. The fourth-order valence-corrected chi connectivity index (χ4v) is 2.67. The van der Waals surface area contributed by atoms with Crippen LogP contribution < -0.4 is 15.8 Å². The van der Waals surface area contributed by atoms with Crippen molar-refractivity contribution in [1.29, 1.82) is 0 Å². The first-order chi connectivity index (χ1) is 13.0. The number of nitrogens with zero attached hydrogens (tertiary/aromatic N) is 2. The van der Waals surface area contributed by atoms with Crippen molar-refractivity contribution in [2.45, 2.75) is 26.8 Å². The van der Waals surface area contributed by atoms with Crippen LogP contribution in [-0.4, -0.2) is 22.3 Å². The van der Waals surface area contributed by atoms with E-state index in [1.165, 1.54) is 11.6 Å². The minimum atomic E-state index is -0.503. The molecule has 7 nitrogen and oxygen atoms in total. The number of aromatic nitrogens is 2. The van der Waals surface area contributed by atoms with Gasteiger partial charge in [-0.15, -0.1) is 5.10 Å². The Morgan fingerprint density at radius 1 is 1.22 bits per heavy atom. The summed E-state index contributed by atoms with van der Waals surface area (Å²) in [5.74, 6) is 0.397. The molecular formula is C20H21N3O4. The molecule has 1 amide bonds. The number of carbonyl (C=O) groups is 1. The number of anilines is 1. The first-order valence-electron chi connectivity index (χ1n) is 8.73. The van der Waals surface area contributed by atoms with Crippen molar-refractivity contribution in [3.05, 3.63) is 64.6 Å².